The number of halogens is 5. The van der Waals surface area contributed by atoms with Gasteiger partial charge in [-0.3, -0.25) is 14.5 Å². The summed E-state index contributed by atoms with van der Waals surface area (Å²) in [6, 6.07) is -0.276. The van der Waals surface area contributed by atoms with Crippen LogP contribution in [0.25, 0.3) is 5.78 Å². The summed E-state index contributed by atoms with van der Waals surface area (Å²) in [5.74, 6) is 0.503. The molecular weight excluding hydrogens is 687 g/mol. The molecule has 0 bridgehead atoms. The van der Waals surface area contributed by atoms with E-state index in [9.17, 15) is 31.5 Å². The van der Waals surface area contributed by atoms with E-state index >= 15 is 0 Å². The lowest BCUT2D eigenvalue weighted by molar-refractivity contribution is -0.183. The van der Waals surface area contributed by atoms with Gasteiger partial charge < -0.3 is 20.5 Å². The van der Waals surface area contributed by atoms with Gasteiger partial charge in [-0.1, -0.05) is 20.4 Å². The number of rotatable bonds is 9. The summed E-state index contributed by atoms with van der Waals surface area (Å²) in [5, 5.41) is 11.8. The monoisotopic (exact) mass is 740 g/mol. The topological polar surface area (TPSA) is 137 Å². The first-order valence-corrected chi connectivity index (χ1v) is 18.1. The summed E-state index contributed by atoms with van der Waals surface area (Å²) >= 11 is 0. The second kappa shape index (κ2) is 15.1. The van der Waals surface area contributed by atoms with Gasteiger partial charge in [0.05, 0.1) is 29.5 Å². The van der Waals surface area contributed by atoms with Gasteiger partial charge in [-0.2, -0.15) is 23.3 Å². The Morgan fingerprint density at radius 3 is 2.44 bits per heavy atom. The van der Waals surface area contributed by atoms with E-state index in [4.69, 9.17) is 20.9 Å². The lowest BCUT2D eigenvalue weighted by Gasteiger charge is -2.61. The summed E-state index contributed by atoms with van der Waals surface area (Å²) < 4.78 is 70.2. The number of nitrogens with one attached hydrogen (secondary N) is 2. The van der Waals surface area contributed by atoms with Crippen molar-refractivity contribution in [1.29, 1.82) is 0 Å². The minimum Gasteiger partial charge on any atom is -0.355 e. The van der Waals surface area contributed by atoms with Crippen LogP contribution in [0.2, 0.25) is 0 Å². The first kappa shape index (κ1) is 39.8. The minimum atomic E-state index is -4.41. The van der Waals surface area contributed by atoms with Gasteiger partial charge in [-0.05, 0) is 64.5 Å². The Morgan fingerprint density at radius 2 is 1.88 bits per heavy atom. The third-order valence-corrected chi connectivity index (χ3v) is 11.4. The number of aromatic nitrogens is 4. The maximum Gasteiger partial charge on any atom is 0.393 e. The van der Waals surface area contributed by atoms with E-state index in [1.807, 2.05) is 6.92 Å². The zero-order valence-electron chi connectivity index (χ0n) is 30.8. The highest BCUT2D eigenvalue weighted by atomic mass is 19.4. The molecule has 0 aromatic carbocycles. The molecule has 2 aliphatic carbocycles. The Bertz CT molecular complexity index is 1600. The third kappa shape index (κ3) is 8.67. The number of imidazole rings is 1. The van der Waals surface area contributed by atoms with Crippen LogP contribution in [-0.4, -0.2) is 106 Å². The Labute approximate surface area is 301 Å². The van der Waals surface area contributed by atoms with Gasteiger partial charge in [-0.15, -0.1) is 0 Å². The van der Waals surface area contributed by atoms with Crippen molar-refractivity contribution in [3.8, 4) is 0 Å². The van der Waals surface area contributed by atoms with Crippen molar-refractivity contribution in [2.75, 3.05) is 51.7 Å². The Hall–Kier alpha value is -3.44. The first-order chi connectivity index (χ1) is 24.3. The van der Waals surface area contributed by atoms with Crippen LogP contribution in [0.4, 0.5) is 27.8 Å². The quantitative estimate of drug-likeness (QED) is 0.112. The number of hydrogen-bond donors (Lipinski definition) is 3. The predicted octanol–water partition coefficient (Wildman–Crippen LogP) is 4.27. The molecule has 4 heterocycles. The zero-order valence-corrected chi connectivity index (χ0v) is 30.8. The lowest BCUT2D eigenvalue weighted by atomic mass is 9.58. The third-order valence-electron chi connectivity index (χ3n) is 11.4. The number of nitrogens with two attached hydrogens (primary N) is 1. The predicted molar refractivity (Wildman–Crippen MR) is 186 cm³/mol. The molecule has 4 aliphatic rings. The molecule has 4 fully saturated rings. The number of piperidine rings is 1. The second-order valence-electron chi connectivity index (χ2n) is 15.9. The first-order valence-electron chi connectivity index (χ1n) is 18.1. The number of amides is 1. The fourth-order valence-corrected chi connectivity index (χ4v) is 8.61. The van der Waals surface area contributed by atoms with Crippen LogP contribution in [0.5, 0.6) is 0 Å². The summed E-state index contributed by atoms with van der Waals surface area (Å²) in [6.45, 7) is 12.0. The molecule has 2 aromatic rings. The van der Waals surface area contributed by atoms with E-state index in [1.54, 1.807) is 13.2 Å². The van der Waals surface area contributed by atoms with Gasteiger partial charge >= 0.3 is 6.18 Å². The van der Waals surface area contributed by atoms with Crippen molar-refractivity contribution in [3.63, 3.8) is 0 Å². The number of piperazine rings is 1. The second-order valence-corrected chi connectivity index (χ2v) is 15.9. The van der Waals surface area contributed by atoms with Crippen LogP contribution in [-0.2, 0) is 16.0 Å². The fraction of sp³-hybridized carbons (Fsp3) is 0.743. The maximum atomic E-state index is 13.9. The summed E-state index contributed by atoms with van der Waals surface area (Å²) in [6.07, 6.45) is 0.0588. The van der Waals surface area contributed by atoms with Crippen LogP contribution in [0.3, 0.4) is 0 Å². The molecule has 3 atom stereocenters. The number of likely N-dealkylation sites (N-methyl/N-ethyl adjacent to an activating group) is 2. The van der Waals surface area contributed by atoms with E-state index in [0.717, 1.165) is 19.4 Å². The molecule has 1 amide bonds. The average molecular weight is 741 g/mol. The number of nitrogens with zero attached hydrogens (tertiary/aromatic N) is 7. The number of carbonyl (C=O) groups excluding carboxylic acids is 2. The fourth-order valence-electron chi connectivity index (χ4n) is 8.61. The smallest absolute Gasteiger partial charge is 0.355 e. The van der Waals surface area contributed by atoms with Crippen molar-refractivity contribution < 1.29 is 31.5 Å². The molecule has 0 radical (unpaired) electrons. The molecule has 290 valence electrons. The zero-order chi connectivity index (χ0) is 38.2. The number of carbonyl (C=O) groups is 2. The van der Waals surface area contributed by atoms with Crippen molar-refractivity contribution in [3.05, 3.63) is 29.9 Å². The van der Waals surface area contributed by atoms with Gasteiger partial charge in [0.1, 0.15) is 5.69 Å². The molecule has 1 spiro atoms. The number of aldehydes is 1. The standard InChI is InChI=1S/C30H43F5N8O.C5H10N2O/c1-27(2)15-28(16-27)17-42(10-9-41(28)4)24-21(12-19-11-20(30(33,34)35)13-37-25(19)44)40-43-14-22(38-26(43)39-24)23(36-3)18-5-7-29(31,32)8-6-18;1-3-7(6)5(2)4-8/h14,18-20,23,36H,5-13,15-17H2,1-4H3,(H,37,44);4H,2-3,6H2,1H3/t19-,20?,23?;/m1./s1. The van der Waals surface area contributed by atoms with Crippen LogP contribution in [0, 0.1) is 23.2 Å². The van der Waals surface area contributed by atoms with Crippen LogP contribution in [0.15, 0.2) is 18.5 Å². The number of allylic oxidation sites excluding steroid dienone is 1. The molecule has 2 saturated carbocycles. The highest BCUT2D eigenvalue weighted by molar-refractivity contribution is 5.80. The molecule has 2 aliphatic heterocycles. The van der Waals surface area contributed by atoms with Gasteiger partial charge in [-0.25, -0.2) is 24.1 Å². The van der Waals surface area contributed by atoms with E-state index in [-0.39, 0.29) is 48.6 Å². The van der Waals surface area contributed by atoms with E-state index < -0.39 is 36.4 Å². The van der Waals surface area contributed by atoms with E-state index in [2.05, 4.69) is 47.9 Å². The Balaban J connectivity index is 0.000000587. The molecule has 17 heteroatoms. The van der Waals surface area contributed by atoms with Gasteiger partial charge in [0.15, 0.2) is 12.1 Å². The van der Waals surface area contributed by atoms with Crippen molar-refractivity contribution in [2.45, 2.75) is 95.8 Å². The number of fused-ring (bicyclic) bond motifs is 1. The molecule has 4 N–H and O–H groups in total. The van der Waals surface area contributed by atoms with Crippen molar-refractivity contribution in [1.82, 2.24) is 40.1 Å². The number of hydrogen-bond acceptors (Lipinski definition) is 10. The van der Waals surface area contributed by atoms with Crippen molar-refractivity contribution >= 4 is 23.8 Å². The van der Waals surface area contributed by atoms with Crippen LogP contribution in [0.1, 0.15) is 83.1 Å². The van der Waals surface area contributed by atoms with Gasteiger partial charge in [0.2, 0.25) is 11.8 Å². The Kier molecular flexibility index (Phi) is 11.6. The molecule has 52 heavy (non-hydrogen) atoms. The van der Waals surface area contributed by atoms with Gasteiger partial charge in [0.25, 0.3) is 5.78 Å². The highest BCUT2D eigenvalue weighted by Gasteiger charge is 2.54. The summed E-state index contributed by atoms with van der Waals surface area (Å²) in [5.41, 5.74) is 1.57. The van der Waals surface area contributed by atoms with E-state index in [1.165, 1.54) is 9.52 Å². The molecule has 2 unspecified atom stereocenters. The molecule has 12 nitrogen and oxygen atoms in total. The van der Waals surface area contributed by atoms with E-state index in [0.29, 0.717) is 67.4 Å². The average Bonchev–Trinajstić information content (AvgIpc) is 3.48. The molecule has 2 aromatic heterocycles. The molecule has 6 rings (SSSR count). The Morgan fingerprint density at radius 1 is 1.21 bits per heavy atom. The SMILES string of the molecule is C=C(C=O)N(N)CC.CNC(c1cn2nc(C[C@H]3CC(C(F)(F)F)CNC3=O)c(N3CCN(C)C4(C3)CC(C)(C)C4)nc2n1)C1CCC(F)(F)CC1. The van der Waals surface area contributed by atoms with Crippen molar-refractivity contribution in [2.24, 2.45) is 29.0 Å². The van der Waals surface area contributed by atoms with Gasteiger partial charge in [0, 0.05) is 63.4 Å². The summed E-state index contributed by atoms with van der Waals surface area (Å²) in [7, 11) is 3.91. The highest BCUT2D eigenvalue weighted by Crippen LogP contribution is 2.52. The van der Waals surface area contributed by atoms with Crippen LogP contribution >= 0.6 is 0 Å². The largest absolute Gasteiger partial charge is 0.393 e. The molecule has 2 saturated heterocycles. The maximum absolute atomic E-state index is 13.9. The minimum absolute atomic E-state index is 0.0161. The normalized spacial score (nSPS) is 25.1. The molecular formula is C35H53F5N10O2. The lowest BCUT2D eigenvalue weighted by Crippen LogP contribution is -2.68. The van der Waals surface area contributed by atoms with Crippen LogP contribution < -0.4 is 21.4 Å². The number of hydrazine groups is 1. The number of anilines is 1. The number of alkyl halides is 5. The summed E-state index contributed by atoms with van der Waals surface area (Å²) in [4.78, 5) is 37.0.